The SMILES string of the molecule is CC(C)c1ccccc1NS(=O)(=O)c1cnn(Cc2ccccc2)c1. The van der Waals surface area contributed by atoms with E-state index in [9.17, 15) is 8.42 Å². The molecule has 0 aliphatic heterocycles. The zero-order valence-corrected chi connectivity index (χ0v) is 15.1. The summed E-state index contributed by atoms with van der Waals surface area (Å²) in [7, 11) is -3.67. The highest BCUT2D eigenvalue weighted by molar-refractivity contribution is 7.92. The van der Waals surface area contributed by atoms with E-state index in [0.717, 1.165) is 11.1 Å². The van der Waals surface area contributed by atoms with Crippen LogP contribution in [0.5, 0.6) is 0 Å². The van der Waals surface area contributed by atoms with Crippen molar-refractivity contribution in [2.75, 3.05) is 4.72 Å². The van der Waals surface area contributed by atoms with Crippen molar-refractivity contribution in [3.05, 3.63) is 78.1 Å². The topological polar surface area (TPSA) is 64.0 Å². The molecule has 0 spiro atoms. The fraction of sp³-hybridized carbons (Fsp3) is 0.211. The van der Waals surface area contributed by atoms with Gasteiger partial charge in [-0.1, -0.05) is 62.4 Å². The summed E-state index contributed by atoms with van der Waals surface area (Å²) in [4.78, 5) is 0.155. The minimum absolute atomic E-state index is 0.155. The maximum Gasteiger partial charge on any atom is 0.265 e. The molecule has 2 aromatic carbocycles. The van der Waals surface area contributed by atoms with E-state index >= 15 is 0 Å². The Labute approximate surface area is 148 Å². The lowest BCUT2D eigenvalue weighted by molar-refractivity contribution is 0.600. The number of para-hydroxylation sites is 1. The van der Waals surface area contributed by atoms with Crippen LogP contribution >= 0.6 is 0 Å². The summed E-state index contributed by atoms with van der Waals surface area (Å²) in [6.07, 6.45) is 2.93. The Morgan fingerprint density at radius 3 is 2.44 bits per heavy atom. The number of rotatable bonds is 6. The first-order chi connectivity index (χ1) is 12.0. The number of aromatic nitrogens is 2. The second-order valence-electron chi connectivity index (χ2n) is 6.21. The molecular weight excluding hydrogens is 334 g/mol. The molecule has 3 aromatic rings. The molecule has 25 heavy (non-hydrogen) atoms. The highest BCUT2D eigenvalue weighted by Gasteiger charge is 2.19. The first kappa shape index (κ1) is 17.2. The van der Waals surface area contributed by atoms with Crippen molar-refractivity contribution in [3.63, 3.8) is 0 Å². The Morgan fingerprint density at radius 2 is 1.72 bits per heavy atom. The molecule has 0 bridgehead atoms. The number of nitrogens with zero attached hydrogens (tertiary/aromatic N) is 2. The van der Waals surface area contributed by atoms with E-state index in [0.29, 0.717) is 12.2 Å². The number of nitrogens with one attached hydrogen (secondary N) is 1. The molecule has 130 valence electrons. The maximum atomic E-state index is 12.7. The highest BCUT2D eigenvalue weighted by atomic mass is 32.2. The van der Waals surface area contributed by atoms with Crippen LogP contribution < -0.4 is 4.72 Å². The molecule has 0 saturated heterocycles. The lowest BCUT2D eigenvalue weighted by Crippen LogP contribution is -2.14. The predicted molar refractivity (Wildman–Crippen MR) is 99.1 cm³/mol. The number of sulfonamides is 1. The van der Waals surface area contributed by atoms with Crippen molar-refractivity contribution in [3.8, 4) is 0 Å². The fourth-order valence-electron chi connectivity index (χ4n) is 2.64. The first-order valence-corrected chi connectivity index (χ1v) is 9.62. The molecule has 1 aromatic heterocycles. The molecule has 6 heteroatoms. The third-order valence-corrected chi connectivity index (χ3v) is 5.25. The quantitative estimate of drug-likeness (QED) is 0.730. The monoisotopic (exact) mass is 355 g/mol. The molecule has 0 unspecified atom stereocenters. The Hall–Kier alpha value is -2.60. The molecule has 0 saturated carbocycles. The van der Waals surface area contributed by atoms with Crippen molar-refractivity contribution >= 4 is 15.7 Å². The van der Waals surface area contributed by atoms with Gasteiger partial charge >= 0.3 is 0 Å². The summed E-state index contributed by atoms with van der Waals surface area (Å²) < 4.78 is 29.7. The van der Waals surface area contributed by atoms with Gasteiger partial charge in [0.25, 0.3) is 10.0 Å². The Bertz CT molecular complexity index is 948. The number of benzene rings is 2. The molecular formula is C19H21N3O2S. The Kier molecular flexibility index (Phi) is 4.90. The van der Waals surface area contributed by atoms with Crippen molar-refractivity contribution in [2.45, 2.75) is 31.2 Å². The van der Waals surface area contributed by atoms with Gasteiger partial charge in [0.05, 0.1) is 18.4 Å². The highest BCUT2D eigenvalue weighted by Crippen LogP contribution is 2.26. The zero-order chi connectivity index (χ0) is 17.9. The van der Waals surface area contributed by atoms with Crippen molar-refractivity contribution in [2.24, 2.45) is 0 Å². The average molecular weight is 355 g/mol. The van der Waals surface area contributed by atoms with E-state index in [-0.39, 0.29) is 10.8 Å². The van der Waals surface area contributed by atoms with Crippen LogP contribution in [0, 0.1) is 0 Å². The zero-order valence-electron chi connectivity index (χ0n) is 14.3. The van der Waals surface area contributed by atoms with E-state index in [1.165, 1.54) is 6.20 Å². The van der Waals surface area contributed by atoms with Crippen molar-refractivity contribution in [1.29, 1.82) is 0 Å². The number of hydrogen-bond donors (Lipinski definition) is 1. The van der Waals surface area contributed by atoms with Gasteiger partial charge in [0.2, 0.25) is 0 Å². The second-order valence-corrected chi connectivity index (χ2v) is 7.89. The molecule has 0 fully saturated rings. The first-order valence-electron chi connectivity index (χ1n) is 8.14. The lowest BCUT2D eigenvalue weighted by atomic mass is 10.0. The lowest BCUT2D eigenvalue weighted by Gasteiger charge is -2.14. The van der Waals surface area contributed by atoms with Gasteiger partial charge in [0, 0.05) is 6.20 Å². The predicted octanol–water partition coefficient (Wildman–Crippen LogP) is 3.86. The molecule has 5 nitrogen and oxygen atoms in total. The number of hydrogen-bond acceptors (Lipinski definition) is 3. The smallest absolute Gasteiger partial charge is 0.265 e. The van der Waals surface area contributed by atoms with Crippen LogP contribution in [0.1, 0.15) is 30.9 Å². The summed E-state index contributed by atoms with van der Waals surface area (Å²) in [6.45, 7) is 4.59. The van der Waals surface area contributed by atoms with E-state index in [1.54, 1.807) is 16.9 Å². The Balaban J connectivity index is 1.82. The van der Waals surface area contributed by atoms with Crippen LogP contribution in [0.4, 0.5) is 5.69 Å². The minimum atomic E-state index is -3.67. The molecule has 0 amide bonds. The third kappa shape index (κ3) is 4.09. The maximum absolute atomic E-state index is 12.7. The minimum Gasteiger partial charge on any atom is -0.279 e. The van der Waals surface area contributed by atoms with Crippen LogP contribution in [0.3, 0.4) is 0 Å². The van der Waals surface area contributed by atoms with Gasteiger partial charge < -0.3 is 0 Å². The molecule has 1 heterocycles. The van der Waals surface area contributed by atoms with Crippen LogP contribution in [-0.2, 0) is 16.6 Å². The normalized spacial score (nSPS) is 11.6. The number of anilines is 1. The summed E-state index contributed by atoms with van der Waals surface area (Å²) in [5, 5.41) is 4.17. The summed E-state index contributed by atoms with van der Waals surface area (Å²) >= 11 is 0. The second kappa shape index (κ2) is 7.11. The van der Waals surface area contributed by atoms with Crippen LogP contribution in [0.25, 0.3) is 0 Å². The molecule has 0 aliphatic carbocycles. The summed E-state index contributed by atoms with van der Waals surface area (Å²) in [5.41, 5.74) is 2.63. The average Bonchev–Trinajstić information content (AvgIpc) is 3.05. The molecule has 0 aliphatic rings. The third-order valence-electron chi connectivity index (χ3n) is 3.93. The summed E-state index contributed by atoms with van der Waals surface area (Å²) in [6, 6.07) is 17.2. The van der Waals surface area contributed by atoms with Gasteiger partial charge in [-0.25, -0.2) is 8.42 Å². The molecule has 0 atom stereocenters. The molecule has 0 radical (unpaired) electrons. The van der Waals surface area contributed by atoms with Crippen molar-refractivity contribution < 1.29 is 8.42 Å². The van der Waals surface area contributed by atoms with E-state index < -0.39 is 10.0 Å². The van der Waals surface area contributed by atoms with Gasteiger partial charge in [-0.2, -0.15) is 5.10 Å². The van der Waals surface area contributed by atoms with Gasteiger partial charge in [0.15, 0.2) is 0 Å². The standard InChI is InChI=1S/C19H21N3O2S/c1-15(2)18-10-6-7-11-19(18)21-25(23,24)17-12-20-22(14-17)13-16-8-4-3-5-9-16/h3-12,14-15,21H,13H2,1-2H3. The van der Waals surface area contributed by atoms with E-state index in [1.807, 2.05) is 62.4 Å². The fourth-order valence-corrected chi connectivity index (χ4v) is 3.68. The van der Waals surface area contributed by atoms with Gasteiger partial charge in [-0.05, 0) is 23.1 Å². The summed E-state index contributed by atoms with van der Waals surface area (Å²) in [5.74, 6) is 0.222. The van der Waals surface area contributed by atoms with Crippen LogP contribution in [0.15, 0.2) is 71.9 Å². The largest absolute Gasteiger partial charge is 0.279 e. The molecule has 1 N–H and O–H groups in total. The van der Waals surface area contributed by atoms with Gasteiger partial charge in [-0.3, -0.25) is 9.40 Å². The van der Waals surface area contributed by atoms with Gasteiger partial charge in [0.1, 0.15) is 4.90 Å². The molecule has 3 rings (SSSR count). The van der Waals surface area contributed by atoms with Crippen LogP contribution in [0.2, 0.25) is 0 Å². The Morgan fingerprint density at radius 1 is 1.04 bits per heavy atom. The van der Waals surface area contributed by atoms with Crippen LogP contribution in [-0.4, -0.2) is 18.2 Å². The van der Waals surface area contributed by atoms with E-state index in [2.05, 4.69) is 9.82 Å². The van der Waals surface area contributed by atoms with Gasteiger partial charge in [-0.15, -0.1) is 0 Å². The van der Waals surface area contributed by atoms with E-state index in [4.69, 9.17) is 0 Å². The van der Waals surface area contributed by atoms with Crippen molar-refractivity contribution in [1.82, 2.24) is 9.78 Å².